The lowest BCUT2D eigenvalue weighted by atomic mass is 9.94. The molecule has 172 valence electrons. The molecule has 2 aromatic carbocycles. The van der Waals surface area contributed by atoms with Crippen LogP contribution in [0.15, 0.2) is 102 Å². The van der Waals surface area contributed by atoms with E-state index in [1.807, 2.05) is 13.0 Å². The Morgan fingerprint density at radius 3 is 2.03 bits per heavy atom. The predicted molar refractivity (Wildman–Crippen MR) is 144 cm³/mol. The minimum absolute atomic E-state index is 0.437. The van der Waals surface area contributed by atoms with Gasteiger partial charge in [0.15, 0.2) is 0 Å². The molecule has 0 heterocycles. The highest BCUT2D eigenvalue weighted by atomic mass is 14.9. The van der Waals surface area contributed by atoms with Gasteiger partial charge in [0.2, 0.25) is 0 Å². The minimum Gasteiger partial charge on any atom is -0.398 e. The first-order chi connectivity index (χ1) is 15.4. The van der Waals surface area contributed by atoms with Crippen molar-refractivity contribution in [3.8, 4) is 0 Å². The van der Waals surface area contributed by atoms with Gasteiger partial charge in [-0.3, -0.25) is 0 Å². The quantitative estimate of drug-likeness (QED) is 0.293. The van der Waals surface area contributed by atoms with Gasteiger partial charge in [0.1, 0.15) is 0 Å². The highest BCUT2D eigenvalue weighted by Crippen LogP contribution is 2.25. The molecule has 2 nitrogen and oxygen atoms in total. The van der Waals surface area contributed by atoms with Gasteiger partial charge in [-0.05, 0) is 79.9 Å². The van der Waals surface area contributed by atoms with Gasteiger partial charge >= 0.3 is 0 Å². The summed E-state index contributed by atoms with van der Waals surface area (Å²) >= 11 is 0. The molecular weight excluding hydrogens is 388 g/mol. The van der Waals surface area contributed by atoms with Crippen molar-refractivity contribution in [1.29, 1.82) is 0 Å². The molecule has 2 aromatic rings. The van der Waals surface area contributed by atoms with Crippen LogP contribution < -0.4 is 11.1 Å². The minimum atomic E-state index is 0.437. The van der Waals surface area contributed by atoms with E-state index in [0.717, 1.165) is 42.8 Å². The Bertz CT molecular complexity index is 886. The lowest BCUT2D eigenvalue weighted by molar-refractivity contribution is 0.692. The summed E-state index contributed by atoms with van der Waals surface area (Å²) < 4.78 is 0. The zero-order valence-electron chi connectivity index (χ0n) is 20.7. The molecule has 0 radical (unpaired) electrons. The molecule has 0 spiro atoms. The largest absolute Gasteiger partial charge is 0.398 e. The normalized spacial score (nSPS) is 13.0. The maximum atomic E-state index is 6.60. The first kappa shape index (κ1) is 27.0. The summed E-state index contributed by atoms with van der Waals surface area (Å²) in [7, 11) is 0. The fraction of sp³-hybridized carbons (Fsp3) is 0.333. The van der Waals surface area contributed by atoms with Crippen molar-refractivity contribution in [1.82, 2.24) is 0 Å². The summed E-state index contributed by atoms with van der Waals surface area (Å²) in [5, 5.41) is 3.56. The van der Waals surface area contributed by atoms with Crippen LogP contribution in [0, 0.1) is 5.92 Å². The predicted octanol–water partition coefficient (Wildman–Crippen LogP) is 8.40. The van der Waals surface area contributed by atoms with Crippen LogP contribution in [-0.4, -0.2) is 0 Å². The number of nitrogens with two attached hydrogens (primary N) is 1. The Morgan fingerprint density at radius 2 is 1.53 bits per heavy atom. The summed E-state index contributed by atoms with van der Waals surface area (Å²) in [5.41, 5.74) is 14.9. The van der Waals surface area contributed by atoms with Crippen LogP contribution in [0.1, 0.15) is 65.0 Å². The van der Waals surface area contributed by atoms with E-state index in [1.54, 1.807) is 6.08 Å². The van der Waals surface area contributed by atoms with Crippen molar-refractivity contribution < 1.29 is 0 Å². The van der Waals surface area contributed by atoms with E-state index < -0.39 is 0 Å². The number of hydrogen-bond acceptors (Lipinski definition) is 2. The molecule has 0 amide bonds. The topological polar surface area (TPSA) is 38.0 Å². The van der Waals surface area contributed by atoms with Crippen LogP contribution in [0.4, 0.5) is 5.69 Å². The molecule has 2 heteroatoms. The van der Waals surface area contributed by atoms with Crippen LogP contribution in [0.25, 0.3) is 0 Å². The van der Waals surface area contributed by atoms with Crippen molar-refractivity contribution in [2.75, 3.05) is 5.32 Å². The van der Waals surface area contributed by atoms with E-state index in [-0.39, 0.29) is 0 Å². The summed E-state index contributed by atoms with van der Waals surface area (Å²) in [6.07, 6.45) is 7.54. The van der Waals surface area contributed by atoms with Crippen LogP contribution in [0.2, 0.25) is 0 Å². The first-order valence-electron chi connectivity index (χ1n) is 11.7. The van der Waals surface area contributed by atoms with Crippen molar-refractivity contribution in [3.63, 3.8) is 0 Å². The second-order valence-corrected chi connectivity index (χ2v) is 8.14. The fourth-order valence-corrected chi connectivity index (χ4v) is 3.62. The Balaban J connectivity index is 0.00000161. The zero-order chi connectivity index (χ0) is 23.9. The number of hydrogen-bond donors (Lipinski definition) is 2. The highest BCUT2D eigenvalue weighted by Gasteiger charge is 2.11. The van der Waals surface area contributed by atoms with Crippen molar-refractivity contribution >= 4 is 5.69 Å². The second-order valence-electron chi connectivity index (χ2n) is 8.14. The van der Waals surface area contributed by atoms with Gasteiger partial charge in [-0.15, -0.1) is 13.2 Å². The number of anilines is 1. The van der Waals surface area contributed by atoms with E-state index in [1.165, 1.54) is 22.3 Å². The van der Waals surface area contributed by atoms with Gasteiger partial charge in [-0.25, -0.2) is 0 Å². The molecule has 3 N–H and O–H groups in total. The first-order valence-corrected chi connectivity index (χ1v) is 11.7. The second kappa shape index (κ2) is 14.9. The van der Waals surface area contributed by atoms with Gasteiger partial charge in [-0.1, -0.05) is 75.4 Å². The zero-order valence-corrected chi connectivity index (χ0v) is 20.7. The molecule has 0 aromatic heterocycles. The van der Waals surface area contributed by atoms with E-state index in [2.05, 4.69) is 101 Å². The molecule has 1 unspecified atom stereocenters. The number of benzene rings is 2. The molecule has 0 aliphatic rings. The van der Waals surface area contributed by atoms with Gasteiger partial charge in [0.25, 0.3) is 0 Å². The van der Waals surface area contributed by atoms with Crippen LogP contribution in [0.5, 0.6) is 0 Å². The molecule has 0 bridgehead atoms. The molecule has 32 heavy (non-hydrogen) atoms. The molecule has 0 fully saturated rings. The van der Waals surface area contributed by atoms with Crippen molar-refractivity contribution in [2.45, 2.75) is 60.3 Å². The third kappa shape index (κ3) is 9.01. The Hall–Kier alpha value is -3.00. The molecule has 0 saturated carbocycles. The average molecular weight is 431 g/mol. The van der Waals surface area contributed by atoms with Crippen LogP contribution in [0.3, 0.4) is 0 Å². The summed E-state index contributed by atoms with van der Waals surface area (Å²) in [6, 6.07) is 19.2. The van der Waals surface area contributed by atoms with E-state index in [9.17, 15) is 0 Å². The summed E-state index contributed by atoms with van der Waals surface area (Å²) in [6.45, 7) is 17.8. The molecule has 2 rings (SSSR count). The Labute approximate surface area is 196 Å². The molecule has 0 aliphatic heterocycles. The summed E-state index contributed by atoms with van der Waals surface area (Å²) in [5.74, 6) is 0.437. The van der Waals surface area contributed by atoms with Crippen LogP contribution >= 0.6 is 0 Å². The fourth-order valence-electron chi connectivity index (χ4n) is 3.62. The lowest BCUT2D eigenvalue weighted by Gasteiger charge is -2.18. The van der Waals surface area contributed by atoms with Gasteiger partial charge in [0, 0.05) is 17.1 Å². The molecule has 1 atom stereocenters. The Morgan fingerprint density at radius 1 is 0.969 bits per heavy atom. The van der Waals surface area contributed by atoms with Gasteiger partial charge in [0.05, 0.1) is 0 Å². The third-order valence-corrected chi connectivity index (χ3v) is 5.45. The SMILES string of the molecule is C=CC.C=CC(C)C/C(CC)=C(N)/C(CC)=C(\C)Nc1ccc(Cc2ccccc2)cc1. The third-order valence-electron chi connectivity index (χ3n) is 5.45. The highest BCUT2D eigenvalue weighted by molar-refractivity contribution is 5.52. The maximum absolute atomic E-state index is 6.60. The molecular formula is C30H42N2. The van der Waals surface area contributed by atoms with Crippen molar-refractivity contribution in [2.24, 2.45) is 11.7 Å². The van der Waals surface area contributed by atoms with E-state index >= 15 is 0 Å². The van der Waals surface area contributed by atoms with Gasteiger partial charge < -0.3 is 11.1 Å². The monoisotopic (exact) mass is 430 g/mol. The Kier molecular flexibility index (Phi) is 12.6. The van der Waals surface area contributed by atoms with Crippen molar-refractivity contribution in [3.05, 3.63) is 114 Å². The number of rotatable bonds is 10. The van der Waals surface area contributed by atoms with Crippen LogP contribution in [-0.2, 0) is 6.42 Å². The molecule has 0 saturated heterocycles. The standard InChI is InChI=1S/C27H36N2.C3H6/c1-6-20(4)18-24(7-2)27(28)26(8-3)21(5)29-25-16-14-23(15-17-25)19-22-12-10-9-11-13-22;1-3-2/h6,9-17,20,29H,1,7-8,18-19,28H2,2-5H3;3H,1H2,2H3/b26-21+,27-24-;. The molecule has 0 aliphatic carbocycles. The van der Waals surface area contributed by atoms with Gasteiger partial charge in [-0.2, -0.15) is 0 Å². The smallest absolute Gasteiger partial charge is 0.0382 e. The lowest BCUT2D eigenvalue weighted by Crippen LogP contribution is -2.11. The van der Waals surface area contributed by atoms with E-state index in [0.29, 0.717) is 5.92 Å². The summed E-state index contributed by atoms with van der Waals surface area (Å²) in [4.78, 5) is 0. The number of allylic oxidation sites excluding steroid dienone is 5. The maximum Gasteiger partial charge on any atom is 0.0382 e. The van der Waals surface area contributed by atoms with E-state index in [4.69, 9.17) is 5.73 Å². The number of nitrogens with one attached hydrogen (secondary N) is 1. The average Bonchev–Trinajstić information content (AvgIpc) is 2.80.